The molecule has 4 unspecified atom stereocenters. The SMILES string of the molecule is C/C=C/C1CC=C(C2=CC=C(C3=CC=C(C4=CC=C(CCCCCCCCC)C(F)C4F)CC3)C(F)C2)CC1. The van der Waals surface area contributed by atoms with Crippen molar-refractivity contribution in [2.75, 3.05) is 0 Å². The van der Waals surface area contributed by atoms with Gasteiger partial charge in [0.2, 0.25) is 0 Å². The van der Waals surface area contributed by atoms with Crippen LogP contribution in [0, 0.1) is 5.92 Å². The van der Waals surface area contributed by atoms with Crippen molar-refractivity contribution >= 4 is 0 Å². The molecule has 0 fully saturated rings. The summed E-state index contributed by atoms with van der Waals surface area (Å²) < 4.78 is 45.5. The molecule has 0 radical (unpaired) electrons. The number of unbranched alkanes of at least 4 members (excludes halogenated alkanes) is 6. The maximum absolute atomic E-state index is 15.3. The minimum atomic E-state index is -1.61. The lowest BCUT2D eigenvalue weighted by molar-refractivity contribution is 0.220. The Labute approximate surface area is 234 Å². The molecule has 0 bridgehead atoms. The van der Waals surface area contributed by atoms with Crippen molar-refractivity contribution in [2.24, 2.45) is 5.92 Å². The number of alkyl halides is 3. The van der Waals surface area contributed by atoms with Crippen LogP contribution in [0.4, 0.5) is 13.2 Å². The fourth-order valence-corrected chi connectivity index (χ4v) is 6.44. The third-order valence-electron chi connectivity index (χ3n) is 8.87. The highest BCUT2D eigenvalue weighted by Crippen LogP contribution is 2.40. The first-order valence-corrected chi connectivity index (χ1v) is 15.5. The molecule has 4 aliphatic carbocycles. The molecular weight excluding hydrogens is 489 g/mol. The van der Waals surface area contributed by atoms with Gasteiger partial charge in [0.25, 0.3) is 0 Å². The second-order valence-corrected chi connectivity index (χ2v) is 11.7. The quantitative estimate of drug-likeness (QED) is 0.172. The average Bonchev–Trinajstić information content (AvgIpc) is 2.95. The third-order valence-corrected chi connectivity index (χ3v) is 8.87. The van der Waals surface area contributed by atoms with Crippen molar-refractivity contribution in [1.82, 2.24) is 0 Å². The van der Waals surface area contributed by atoms with Gasteiger partial charge in [-0.15, -0.1) is 0 Å². The Bertz CT molecular complexity index is 1090. The first kappa shape index (κ1) is 29.7. The zero-order chi connectivity index (χ0) is 27.6. The highest BCUT2D eigenvalue weighted by Gasteiger charge is 2.33. The molecular formula is C36H47F3. The van der Waals surface area contributed by atoms with Crippen LogP contribution >= 0.6 is 0 Å². The van der Waals surface area contributed by atoms with Crippen LogP contribution in [0.1, 0.15) is 104 Å². The summed E-state index contributed by atoms with van der Waals surface area (Å²) in [5.74, 6) is 0.603. The first-order chi connectivity index (χ1) is 19.0. The lowest BCUT2D eigenvalue weighted by Gasteiger charge is -2.28. The van der Waals surface area contributed by atoms with Gasteiger partial charge in [-0.05, 0) is 96.8 Å². The normalized spacial score (nSPS) is 27.8. The summed E-state index contributed by atoms with van der Waals surface area (Å²) in [6.07, 6.45) is 27.6. The molecule has 0 saturated carbocycles. The monoisotopic (exact) mass is 536 g/mol. The summed E-state index contributed by atoms with van der Waals surface area (Å²) in [5.41, 5.74) is 6.03. The molecule has 4 aliphatic rings. The van der Waals surface area contributed by atoms with Crippen LogP contribution < -0.4 is 0 Å². The van der Waals surface area contributed by atoms with E-state index in [-0.39, 0.29) is 0 Å². The first-order valence-electron chi connectivity index (χ1n) is 15.5. The number of rotatable bonds is 12. The standard InChI is InChI=1S/C36H47F3/c1-3-5-6-7-8-9-10-12-30-21-24-33(36(39)35(30)38)29-19-17-28(18-20-29)32-23-22-31(25-34(32)37)27-15-13-26(11-4-2)14-16-27/h4,11,15,17,19,21-24,26,34-36H,3,5-10,12-14,16,18,20,25H2,1-2H3/b11-4+. The van der Waals surface area contributed by atoms with E-state index in [2.05, 4.69) is 38.2 Å². The van der Waals surface area contributed by atoms with Gasteiger partial charge in [-0.1, -0.05) is 100 Å². The smallest absolute Gasteiger partial charge is 0.160 e. The summed E-state index contributed by atoms with van der Waals surface area (Å²) in [5, 5.41) is 0. The molecule has 0 nitrogen and oxygen atoms in total. The van der Waals surface area contributed by atoms with Crippen LogP contribution in [-0.2, 0) is 0 Å². The zero-order valence-corrected chi connectivity index (χ0v) is 24.0. The van der Waals surface area contributed by atoms with Crippen LogP contribution in [0.25, 0.3) is 0 Å². The van der Waals surface area contributed by atoms with E-state index in [0.717, 1.165) is 54.4 Å². The molecule has 0 heterocycles. The van der Waals surface area contributed by atoms with E-state index in [4.69, 9.17) is 0 Å². The van der Waals surface area contributed by atoms with Crippen molar-refractivity contribution < 1.29 is 13.2 Å². The zero-order valence-electron chi connectivity index (χ0n) is 24.0. The van der Waals surface area contributed by atoms with E-state index >= 15 is 8.78 Å². The van der Waals surface area contributed by atoms with E-state index in [1.165, 1.54) is 37.7 Å². The van der Waals surface area contributed by atoms with Gasteiger partial charge in [-0.2, -0.15) is 0 Å². The Morgan fingerprint density at radius 3 is 2.03 bits per heavy atom. The van der Waals surface area contributed by atoms with Gasteiger partial charge in [-0.3, -0.25) is 0 Å². The van der Waals surface area contributed by atoms with Crippen LogP contribution in [0.5, 0.6) is 0 Å². The van der Waals surface area contributed by atoms with E-state index in [0.29, 0.717) is 42.7 Å². The summed E-state index contributed by atoms with van der Waals surface area (Å²) >= 11 is 0. The lowest BCUT2D eigenvalue weighted by atomic mass is 9.79. The highest BCUT2D eigenvalue weighted by atomic mass is 19.2. The molecule has 0 spiro atoms. The molecule has 0 aromatic heterocycles. The van der Waals surface area contributed by atoms with Crippen molar-refractivity contribution in [1.29, 1.82) is 0 Å². The van der Waals surface area contributed by atoms with Gasteiger partial charge < -0.3 is 0 Å². The van der Waals surface area contributed by atoms with Gasteiger partial charge >= 0.3 is 0 Å². The molecule has 212 valence electrons. The molecule has 4 rings (SSSR count). The summed E-state index contributed by atoms with van der Waals surface area (Å²) in [4.78, 5) is 0. The molecule has 0 aromatic rings. The van der Waals surface area contributed by atoms with Crippen LogP contribution in [-0.4, -0.2) is 18.5 Å². The predicted octanol–water partition coefficient (Wildman–Crippen LogP) is 11.2. The average molecular weight is 537 g/mol. The largest absolute Gasteiger partial charge is 0.242 e. The number of hydrogen-bond acceptors (Lipinski definition) is 0. The van der Waals surface area contributed by atoms with Gasteiger partial charge in [0.1, 0.15) is 6.17 Å². The Morgan fingerprint density at radius 1 is 0.718 bits per heavy atom. The van der Waals surface area contributed by atoms with Crippen LogP contribution in [0.2, 0.25) is 0 Å². The topological polar surface area (TPSA) is 0 Å². The van der Waals surface area contributed by atoms with E-state index in [1.54, 1.807) is 6.08 Å². The van der Waals surface area contributed by atoms with Gasteiger partial charge in [0.05, 0.1) is 0 Å². The molecule has 0 aliphatic heterocycles. The molecule has 0 amide bonds. The number of allylic oxidation sites excluding steroid dienone is 16. The van der Waals surface area contributed by atoms with Crippen LogP contribution in [0.15, 0.2) is 93.7 Å². The molecule has 4 atom stereocenters. The Morgan fingerprint density at radius 2 is 1.38 bits per heavy atom. The second-order valence-electron chi connectivity index (χ2n) is 11.7. The van der Waals surface area contributed by atoms with E-state index < -0.39 is 18.5 Å². The predicted molar refractivity (Wildman–Crippen MR) is 160 cm³/mol. The van der Waals surface area contributed by atoms with Crippen molar-refractivity contribution in [2.45, 2.75) is 122 Å². The maximum Gasteiger partial charge on any atom is 0.160 e. The molecule has 3 heteroatoms. The summed E-state index contributed by atoms with van der Waals surface area (Å²) in [7, 11) is 0. The van der Waals surface area contributed by atoms with Crippen molar-refractivity contribution in [3.63, 3.8) is 0 Å². The fourth-order valence-electron chi connectivity index (χ4n) is 6.44. The minimum absolute atomic E-state index is 0.424. The summed E-state index contributed by atoms with van der Waals surface area (Å²) in [6.45, 7) is 4.27. The van der Waals surface area contributed by atoms with Crippen LogP contribution in [0.3, 0.4) is 0 Å². The Balaban J connectivity index is 1.36. The summed E-state index contributed by atoms with van der Waals surface area (Å²) in [6, 6.07) is 0. The lowest BCUT2D eigenvalue weighted by Crippen LogP contribution is -2.26. The third kappa shape index (κ3) is 7.89. The molecule has 0 saturated heterocycles. The second kappa shape index (κ2) is 14.9. The fraction of sp³-hybridized carbons (Fsp3) is 0.556. The van der Waals surface area contributed by atoms with Gasteiger partial charge in [0, 0.05) is 6.42 Å². The van der Waals surface area contributed by atoms with Crippen molar-refractivity contribution in [3.05, 3.63) is 93.7 Å². The van der Waals surface area contributed by atoms with E-state index in [1.807, 2.05) is 24.3 Å². The highest BCUT2D eigenvalue weighted by molar-refractivity contribution is 5.52. The number of hydrogen-bond donors (Lipinski definition) is 0. The Hall–Kier alpha value is -2.29. The molecule has 0 N–H and O–H groups in total. The number of halogens is 3. The molecule has 39 heavy (non-hydrogen) atoms. The minimum Gasteiger partial charge on any atom is -0.242 e. The van der Waals surface area contributed by atoms with Crippen molar-refractivity contribution in [3.8, 4) is 0 Å². The van der Waals surface area contributed by atoms with E-state index in [9.17, 15) is 4.39 Å². The van der Waals surface area contributed by atoms with Gasteiger partial charge in [0.15, 0.2) is 12.3 Å². The Kier molecular flexibility index (Phi) is 11.4. The van der Waals surface area contributed by atoms with Gasteiger partial charge in [-0.25, -0.2) is 13.2 Å². The molecule has 0 aromatic carbocycles. The maximum atomic E-state index is 15.3.